The lowest BCUT2D eigenvalue weighted by molar-refractivity contribution is -0.123. The van der Waals surface area contributed by atoms with Crippen molar-refractivity contribution >= 4 is 40.6 Å². The molecule has 0 aromatic heterocycles. The van der Waals surface area contributed by atoms with Crippen LogP contribution >= 0.6 is 11.8 Å². The van der Waals surface area contributed by atoms with E-state index in [4.69, 9.17) is 0 Å². The fourth-order valence-electron chi connectivity index (χ4n) is 3.04. The van der Waals surface area contributed by atoms with Gasteiger partial charge in [-0.1, -0.05) is 45.9 Å². The normalized spacial score (nSPS) is 16.6. The number of anilines is 3. The Hall–Kier alpha value is -2.47. The van der Waals surface area contributed by atoms with Gasteiger partial charge in [0.25, 0.3) is 0 Å². The Morgan fingerprint density at radius 1 is 1.10 bits per heavy atom. The van der Waals surface area contributed by atoms with Crippen molar-refractivity contribution in [3.05, 3.63) is 48.5 Å². The number of nitrogens with zero attached hydrogens (tertiary/aromatic N) is 1. The van der Waals surface area contributed by atoms with Gasteiger partial charge in [0.2, 0.25) is 11.8 Å². The van der Waals surface area contributed by atoms with E-state index in [9.17, 15) is 9.59 Å². The van der Waals surface area contributed by atoms with E-state index in [-0.39, 0.29) is 18.4 Å². The first-order chi connectivity index (χ1) is 13.7. The second-order valence-corrected chi connectivity index (χ2v) is 9.85. The second kappa shape index (κ2) is 8.91. The fourth-order valence-corrected chi connectivity index (χ4v) is 4.16. The van der Waals surface area contributed by atoms with Crippen LogP contribution in [0.15, 0.2) is 53.4 Å². The zero-order valence-corrected chi connectivity index (χ0v) is 18.3. The molecule has 2 N–H and O–H groups in total. The quantitative estimate of drug-likeness (QED) is 0.743. The molecule has 3 rings (SSSR count). The van der Waals surface area contributed by atoms with E-state index in [1.54, 1.807) is 0 Å². The van der Waals surface area contributed by atoms with E-state index >= 15 is 0 Å². The molecular weight excluding hydrogens is 382 g/mol. The molecule has 0 saturated carbocycles. The molecule has 2 aromatic rings. The van der Waals surface area contributed by atoms with Crippen LogP contribution in [-0.4, -0.2) is 30.2 Å². The molecule has 2 aromatic carbocycles. The fraction of sp³-hybridized carbons (Fsp3) is 0.391. The molecule has 6 heteroatoms. The van der Waals surface area contributed by atoms with E-state index in [1.165, 1.54) is 0 Å². The number of carbonyl (C=O) groups excluding carboxylic acids is 2. The summed E-state index contributed by atoms with van der Waals surface area (Å²) in [5.74, 6) is -0.00481. The highest BCUT2D eigenvalue weighted by Gasteiger charge is 2.24. The van der Waals surface area contributed by atoms with Crippen molar-refractivity contribution in [2.24, 2.45) is 5.41 Å². The minimum absolute atomic E-state index is 0.0382. The summed E-state index contributed by atoms with van der Waals surface area (Å²) >= 11 is 1.82. The van der Waals surface area contributed by atoms with Crippen molar-refractivity contribution in [1.82, 2.24) is 0 Å². The molecule has 0 fully saturated rings. The van der Waals surface area contributed by atoms with Crippen LogP contribution in [0.3, 0.4) is 0 Å². The van der Waals surface area contributed by atoms with Gasteiger partial charge in [-0.3, -0.25) is 9.59 Å². The van der Waals surface area contributed by atoms with Gasteiger partial charge in [-0.2, -0.15) is 0 Å². The van der Waals surface area contributed by atoms with Gasteiger partial charge in [0, 0.05) is 33.5 Å². The van der Waals surface area contributed by atoms with E-state index in [1.807, 2.05) is 79.9 Å². The molecule has 0 saturated heterocycles. The molecule has 1 aliphatic rings. The molecule has 5 nitrogen and oxygen atoms in total. The summed E-state index contributed by atoms with van der Waals surface area (Å²) in [6, 6.07) is 15.6. The van der Waals surface area contributed by atoms with Gasteiger partial charge in [-0.25, -0.2) is 0 Å². The highest BCUT2D eigenvalue weighted by molar-refractivity contribution is 8.00. The van der Waals surface area contributed by atoms with Crippen molar-refractivity contribution in [3.63, 3.8) is 0 Å². The Bertz CT molecular complexity index is 892. The van der Waals surface area contributed by atoms with Crippen LogP contribution in [0.25, 0.3) is 0 Å². The van der Waals surface area contributed by atoms with Crippen LogP contribution < -0.4 is 15.5 Å². The largest absolute Gasteiger partial charge is 0.376 e. The summed E-state index contributed by atoms with van der Waals surface area (Å²) in [6.07, 6.45) is 0.958. The predicted molar refractivity (Wildman–Crippen MR) is 122 cm³/mol. The summed E-state index contributed by atoms with van der Waals surface area (Å²) in [5.41, 5.74) is 2.04. The number of benzene rings is 2. The van der Waals surface area contributed by atoms with Gasteiger partial charge >= 0.3 is 0 Å². The first-order valence-corrected chi connectivity index (χ1v) is 10.8. The smallest absolute Gasteiger partial charge is 0.246 e. The number of thioether (sulfide) groups is 1. The molecule has 1 heterocycles. The van der Waals surface area contributed by atoms with Gasteiger partial charge in [-0.15, -0.1) is 11.8 Å². The Morgan fingerprint density at radius 2 is 1.83 bits per heavy atom. The first-order valence-electron chi connectivity index (χ1n) is 9.95. The molecule has 1 atom stereocenters. The number of hydrogen-bond acceptors (Lipinski definition) is 4. The third-order valence-electron chi connectivity index (χ3n) is 4.79. The maximum atomic E-state index is 13.0. The predicted octanol–water partition coefficient (Wildman–Crippen LogP) is 5.00. The summed E-state index contributed by atoms with van der Waals surface area (Å²) < 4.78 is 0. The van der Waals surface area contributed by atoms with Crippen LogP contribution in [0.2, 0.25) is 0 Å². The highest BCUT2D eigenvalue weighted by atomic mass is 32.2. The van der Waals surface area contributed by atoms with Gasteiger partial charge in [0.05, 0.1) is 12.2 Å². The van der Waals surface area contributed by atoms with Gasteiger partial charge in [-0.05, 0) is 36.8 Å². The lowest BCUT2D eigenvalue weighted by atomic mass is 9.95. The molecule has 0 radical (unpaired) electrons. The number of fused-ring (bicyclic) bond motifs is 1. The third-order valence-corrected chi connectivity index (χ3v) is 6.03. The molecule has 2 amide bonds. The standard InChI is InChI=1S/C23H29N3O2S/c1-16-12-13-26(19-10-5-6-11-20(19)29-16)21(27)15-24-17-8-7-9-18(14-17)25-22(28)23(2,3)4/h5-11,14,16,24H,12-13,15H2,1-4H3,(H,25,28). The number of rotatable bonds is 4. The molecule has 1 aliphatic heterocycles. The SMILES string of the molecule is CC1CCN(C(=O)CNc2cccc(NC(=O)C(C)(C)C)c2)c2ccccc2S1. The Labute approximate surface area is 177 Å². The second-order valence-electron chi connectivity index (χ2n) is 8.37. The van der Waals surface area contributed by atoms with E-state index in [0.717, 1.165) is 22.7 Å². The minimum atomic E-state index is -0.464. The molecule has 0 bridgehead atoms. The van der Waals surface area contributed by atoms with Crippen LogP contribution in [0.4, 0.5) is 17.1 Å². The van der Waals surface area contributed by atoms with Crippen LogP contribution in [0, 0.1) is 5.41 Å². The molecule has 0 aliphatic carbocycles. The highest BCUT2D eigenvalue weighted by Crippen LogP contribution is 2.37. The van der Waals surface area contributed by atoms with E-state index < -0.39 is 5.41 Å². The topological polar surface area (TPSA) is 61.4 Å². The number of para-hydroxylation sites is 1. The Kier molecular flexibility index (Phi) is 6.52. The maximum absolute atomic E-state index is 13.0. The molecule has 1 unspecified atom stereocenters. The van der Waals surface area contributed by atoms with Gasteiger partial charge < -0.3 is 15.5 Å². The lowest BCUT2D eigenvalue weighted by Gasteiger charge is -2.23. The number of hydrogen-bond donors (Lipinski definition) is 2. The van der Waals surface area contributed by atoms with Crippen molar-refractivity contribution in [3.8, 4) is 0 Å². The van der Waals surface area contributed by atoms with Crippen molar-refractivity contribution in [1.29, 1.82) is 0 Å². The van der Waals surface area contributed by atoms with Crippen molar-refractivity contribution in [2.45, 2.75) is 44.3 Å². The Balaban J connectivity index is 1.67. The number of amides is 2. The van der Waals surface area contributed by atoms with Crippen LogP contribution in [0.5, 0.6) is 0 Å². The average Bonchev–Trinajstić information content (AvgIpc) is 2.84. The van der Waals surface area contributed by atoms with Gasteiger partial charge in [0.15, 0.2) is 0 Å². The van der Waals surface area contributed by atoms with Crippen LogP contribution in [-0.2, 0) is 9.59 Å². The lowest BCUT2D eigenvalue weighted by Crippen LogP contribution is -2.36. The molecule has 29 heavy (non-hydrogen) atoms. The number of nitrogens with one attached hydrogen (secondary N) is 2. The summed E-state index contributed by atoms with van der Waals surface area (Å²) in [6.45, 7) is 8.74. The van der Waals surface area contributed by atoms with Crippen molar-refractivity contribution < 1.29 is 9.59 Å². The summed E-state index contributed by atoms with van der Waals surface area (Å²) in [5, 5.41) is 6.61. The zero-order chi connectivity index (χ0) is 21.0. The van der Waals surface area contributed by atoms with Crippen LogP contribution in [0.1, 0.15) is 34.1 Å². The van der Waals surface area contributed by atoms with Gasteiger partial charge in [0.1, 0.15) is 0 Å². The molecule has 0 spiro atoms. The molecule has 154 valence electrons. The third kappa shape index (κ3) is 5.54. The minimum Gasteiger partial charge on any atom is -0.376 e. The average molecular weight is 412 g/mol. The monoisotopic (exact) mass is 411 g/mol. The van der Waals surface area contributed by atoms with E-state index in [0.29, 0.717) is 17.5 Å². The summed E-state index contributed by atoms with van der Waals surface area (Å²) in [4.78, 5) is 28.2. The Morgan fingerprint density at radius 3 is 2.59 bits per heavy atom. The van der Waals surface area contributed by atoms with Crippen molar-refractivity contribution in [2.75, 3.05) is 28.6 Å². The first kappa shape index (κ1) is 21.2. The molecular formula is C23H29N3O2S. The zero-order valence-electron chi connectivity index (χ0n) is 17.5. The van der Waals surface area contributed by atoms with E-state index in [2.05, 4.69) is 23.6 Å². The number of carbonyl (C=O) groups is 2. The summed E-state index contributed by atoms with van der Waals surface area (Å²) in [7, 11) is 0. The maximum Gasteiger partial charge on any atom is 0.246 e.